The molecule has 23 heavy (non-hydrogen) atoms. The summed E-state index contributed by atoms with van der Waals surface area (Å²) in [5.41, 5.74) is 0. The molecule has 0 radical (unpaired) electrons. The summed E-state index contributed by atoms with van der Waals surface area (Å²) in [6.45, 7) is 4.54. The van der Waals surface area contributed by atoms with Gasteiger partial charge in [-0.15, -0.1) is 16.8 Å². The van der Waals surface area contributed by atoms with Crippen molar-refractivity contribution in [1.82, 2.24) is 20.1 Å². The average molecular weight is 332 g/mol. The largest absolute Gasteiger partial charge is 0.352 e. The van der Waals surface area contributed by atoms with Crippen LogP contribution in [0.2, 0.25) is 0 Å². The second kappa shape index (κ2) is 6.30. The van der Waals surface area contributed by atoms with Crippen molar-refractivity contribution in [2.75, 3.05) is 5.75 Å². The highest BCUT2D eigenvalue weighted by molar-refractivity contribution is 7.99. The van der Waals surface area contributed by atoms with Gasteiger partial charge in [0.2, 0.25) is 5.91 Å². The summed E-state index contributed by atoms with van der Waals surface area (Å²) < 4.78 is 2.11. The molecule has 0 bridgehead atoms. The summed E-state index contributed by atoms with van der Waals surface area (Å²) in [4.78, 5) is 12.3. The van der Waals surface area contributed by atoms with E-state index in [9.17, 15) is 4.79 Å². The Morgan fingerprint density at radius 2 is 1.96 bits per heavy atom. The lowest BCUT2D eigenvalue weighted by Gasteiger charge is -2.17. The summed E-state index contributed by atoms with van der Waals surface area (Å²) in [7, 11) is 0. The Hall–Kier alpha value is -1.30. The van der Waals surface area contributed by atoms with Crippen LogP contribution in [0.25, 0.3) is 0 Å². The summed E-state index contributed by atoms with van der Waals surface area (Å²) in [5.74, 6) is 3.65. The monoisotopic (exact) mass is 332 g/mol. The lowest BCUT2D eigenvalue weighted by atomic mass is 10.1. The minimum atomic E-state index is 0.139. The van der Waals surface area contributed by atoms with E-state index in [0.717, 1.165) is 29.4 Å². The third-order valence-corrected chi connectivity index (χ3v) is 5.89. The van der Waals surface area contributed by atoms with Crippen molar-refractivity contribution >= 4 is 17.7 Å². The van der Waals surface area contributed by atoms with Crippen molar-refractivity contribution < 1.29 is 4.79 Å². The van der Waals surface area contributed by atoms with Gasteiger partial charge in [-0.05, 0) is 50.4 Å². The second-order valence-electron chi connectivity index (χ2n) is 7.07. The van der Waals surface area contributed by atoms with Crippen molar-refractivity contribution in [2.24, 2.45) is 11.8 Å². The first kappa shape index (κ1) is 15.2. The number of aromatic nitrogens is 3. The molecule has 3 aliphatic carbocycles. The SMILES string of the molecule is C=CCn1c(SCC(=O)NC(C2CC2)C2CC2)nnc1C1CC1. The Balaban J connectivity index is 1.34. The molecule has 0 unspecified atom stereocenters. The zero-order chi connectivity index (χ0) is 15.8. The number of carbonyl (C=O) groups is 1. The highest BCUT2D eigenvalue weighted by Gasteiger charge is 2.42. The molecular formula is C17H24N4OS. The van der Waals surface area contributed by atoms with Crippen LogP contribution in [0.5, 0.6) is 0 Å². The van der Waals surface area contributed by atoms with Crippen LogP contribution in [0.3, 0.4) is 0 Å². The molecule has 5 nitrogen and oxygen atoms in total. The number of thioether (sulfide) groups is 1. The number of carbonyl (C=O) groups excluding carboxylic acids is 1. The number of rotatable bonds is 9. The fourth-order valence-corrected chi connectivity index (χ4v) is 4.01. The molecule has 6 heteroatoms. The van der Waals surface area contributed by atoms with E-state index >= 15 is 0 Å². The highest BCUT2D eigenvalue weighted by atomic mass is 32.2. The van der Waals surface area contributed by atoms with Crippen LogP contribution in [0.4, 0.5) is 0 Å². The number of allylic oxidation sites excluding steroid dienone is 1. The van der Waals surface area contributed by atoms with Gasteiger partial charge in [-0.3, -0.25) is 4.79 Å². The molecule has 1 N–H and O–H groups in total. The summed E-state index contributed by atoms with van der Waals surface area (Å²) in [6.07, 6.45) is 9.41. The Labute approximate surface area is 141 Å². The van der Waals surface area contributed by atoms with Gasteiger partial charge in [0.25, 0.3) is 0 Å². The Kier molecular flexibility index (Phi) is 4.18. The second-order valence-corrected chi connectivity index (χ2v) is 8.01. The smallest absolute Gasteiger partial charge is 0.230 e. The first-order chi connectivity index (χ1) is 11.3. The maximum Gasteiger partial charge on any atom is 0.230 e. The quantitative estimate of drug-likeness (QED) is 0.558. The molecule has 124 valence electrons. The molecule has 1 amide bonds. The average Bonchev–Trinajstić information content (AvgIpc) is 3.40. The molecular weight excluding hydrogens is 308 g/mol. The van der Waals surface area contributed by atoms with E-state index in [0.29, 0.717) is 17.7 Å². The van der Waals surface area contributed by atoms with Gasteiger partial charge in [0.05, 0.1) is 5.75 Å². The zero-order valence-corrected chi connectivity index (χ0v) is 14.2. The number of nitrogens with zero attached hydrogens (tertiary/aromatic N) is 3. The van der Waals surface area contributed by atoms with E-state index in [1.807, 2.05) is 6.08 Å². The highest BCUT2D eigenvalue weighted by Crippen LogP contribution is 2.44. The fraction of sp³-hybridized carbons (Fsp3) is 0.706. The van der Waals surface area contributed by atoms with Gasteiger partial charge in [0.15, 0.2) is 5.16 Å². The minimum absolute atomic E-state index is 0.139. The van der Waals surface area contributed by atoms with Gasteiger partial charge < -0.3 is 9.88 Å². The molecule has 0 atom stereocenters. The van der Waals surface area contributed by atoms with E-state index in [4.69, 9.17) is 0 Å². The van der Waals surface area contributed by atoms with Crippen molar-refractivity contribution in [2.45, 2.75) is 62.2 Å². The molecule has 4 rings (SSSR count). The topological polar surface area (TPSA) is 59.8 Å². The summed E-state index contributed by atoms with van der Waals surface area (Å²) in [5, 5.41) is 12.7. The van der Waals surface area contributed by atoms with Crippen LogP contribution in [0.1, 0.15) is 50.3 Å². The number of hydrogen-bond donors (Lipinski definition) is 1. The van der Waals surface area contributed by atoms with E-state index in [2.05, 4.69) is 26.7 Å². The van der Waals surface area contributed by atoms with Crippen LogP contribution in [0, 0.1) is 11.8 Å². The summed E-state index contributed by atoms with van der Waals surface area (Å²) >= 11 is 1.50. The third kappa shape index (κ3) is 3.62. The lowest BCUT2D eigenvalue weighted by molar-refractivity contribution is -0.119. The molecule has 1 aromatic heterocycles. The molecule has 3 aliphatic rings. The molecule has 1 heterocycles. The van der Waals surface area contributed by atoms with Crippen molar-refractivity contribution in [3.05, 3.63) is 18.5 Å². The van der Waals surface area contributed by atoms with Gasteiger partial charge >= 0.3 is 0 Å². The van der Waals surface area contributed by atoms with Gasteiger partial charge in [-0.2, -0.15) is 0 Å². The first-order valence-corrected chi connectivity index (χ1v) is 9.71. The minimum Gasteiger partial charge on any atom is -0.352 e. The van der Waals surface area contributed by atoms with Crippen LogP contribution in [0.15, 0.2) is 17.8 Å². The van der Waals surface area contributed by atoms with E-state index < -0.39 is 0 Å². The summed E-state index contributed by atoms with van der Waals surface area (Å²) in [6, 6.07) is 0.427. The Bertz CT molecular complexity index is 590. The molecule has 3 saturated carbocycles. The molecule has 0 spiro atoms. The standard InChI is InChI=1S/C17H24N4OS/c1-2-9-21-16(13-7-8-13)19-20-17(21)23-10-14(22)18-15(11-3-4-11)12-5-6-12/h2,11-13,15H,1,3-10H2,(H,18,22). The van der Waals surface area contributed by atoms with Gasteiger partial charge in [-0.1, -0.05) is 17.8 Å². The Morgan fingerprint density at radius 1 is 1.26 bits per heavy atom. The molecule has 3 fully saturated rings. The zero-order valence-electron chi connectivity index (χ0n) is 13.4. The van der Waals surface area contributed by atoms with Gasteiger partial charge in [0, 0.05) is 18.5 Å². The van der Waals surface area contributed by atoms with Gasteiger partial charge in [-0.25, -0.2) is 0 Å². The number of amides is 1. The normalized spacial score (nSPS) is 20.7. The van der Waals surface area contributed by atoms with E-state index in [1.165, 1.54) is 50.3 Å². The van der Waals surface area contributed by atoms with Crippen LogP contribution < -0.4 is 5.32 Å². The van der Waals surface area contributed by atoms with E-state index in [-0.39, 0.29) is 5.91 Å². The fourth-order valence-electron chi connectivity index (χ4n) is 3.24. The lowest BCUT2D eigenvalue weighted by Crippen LogP contribution is -2.39. The van der Waals surface area contributed by atoms with Crippen molar-refractivity contribution in [3.8, 4) is 0 Å². The maximum atomic E-state index is 12.3. The number of hydrogen-bond acceptors (Lipinski definition) is 4. The van der Waals surface area contributed by atoms with Crippen LogP contribution in [-0.4, -0.2) is 32.5 Å². The van der Waals surface area contributed by atoms with Crippen LogP contribution >= 0.6 is 11.8 Å². The van der Waals surface area contributed by atoms with E-state index in [1.54, 1.807) is 0 Å². The predicted molar refractivity (Wildman–Crippen MR) is 90.3 cm³/mol. The molecule has 0 aromatic carbocycles. The molecule has 1 aromatic rings. The molecule has 0 saturated heterocycles. The first-order valence-electron chi connectivity index (χ1n) is 8.72. The third-order valence-electron chi connectivity index (χ3n) is 4.92. The van der Waals surface area contributed by atoms with Gasteiger partial charge in [0.1, 0.15) is 5.82 Å². The van der Waals surface area contributed by atoms with Crippen LogP contribution in [-0.2, 0) is 11.3 Å². The number of nitrogens with one attached hydrogen (secondary N) is 1. The Morgan fingerprint density at radius 3 is 2.52 bits per heavy atom. The van der Waals surface area contributed by atoms with Crippen molar-refractivity contribution in [1.29, 1.82) is 0 Å². The van der Waals surface area contributed by atoms with Crippen molar-refractivity contribution in [3.63, 3.8) is 0 Å². The predicted octanol–water partition coefficient (Wildman–Crippen LogP) is 2.74. The maximum absolute atomic E-state index is 12.3. The molecule has 0 aliphatic heterocycles.